The van der Waals surface area contributed by atoms with Gasteiger partial charge in [-0.15, -0.1) is 0 Å². The quantitative estimate of drug-likeness (QED) is 0.651. The van der Waals surface area contributed by atoms with Crippen molar-refractivity contribution < 1.29 is 4.92 Å². The minimum absolute atomic E-state index is 0.0827. The fraction of sp³-hybridized carbons (Fsp3) is 0.583. The summed E-state index contributed by atoms with van der Waals surface area (Å²) in [6.45, 7) is 0. The summed E-state index contributed by atoms with van der Waals surface area (Å²) >= 11 is 0. The van der Waals surface area contributed by atoms with E-state index < -0.39 is 4.92 Å². The largest absolute Gasteiger partial charge is 0.356 e. The number of nitrogens with two attached hydrogens (primary N) is 1. The van der Waals surface area contributed by atoms with E-state index in [0.717, 1.165) is 25.7 Å². The molecule has 1 aliphatic rings. The molecule has 6 nitrogen and oxygen atoms in total. The van der Waals surface area contributed by atoms with Gasteiger partial charge in [0, 0.05) is 31.4 Å². The summed E-state index contributed by atoms with van der Waals surface area (Å²) in [5, 5.41) is 10.7. The van der Waals surface area contributed by atoms with Gasteiger partial charge in [0.2, 0.25) is 0 Å². The van der Waals surface area contributed by atoms with Gasteiger partial charge < -0.3 is 10.6 Å². The first-order valence-corrected chi connectivity index (χ1v) is 6.17. The van der Waals surface area contributed by atoms with Gasteiger partial charge in [0.25, 0.3) is 5.69 Å². The van der Waals surface area contributed by atoms with Gasteiger partial charge in [-0.05, 0) is 25.7 Å². The second kappa shape index (κ2) is 5.30. The van der Waals surface area contributed by atoms with E-state index in [2.05, 4.69) is 4.98 Å². The molecule has 2 N–H and O–H groups in total. The Labute approximate surface area is 106 Å². The Hall–Kier alpha value is -1.69. The van der Waals surface area contributed by atoms with Crippen molar-refractivity contribution in [2.24, 2.45) is 5.73 Å². The Morgan fingerprint density at radius 3 is 2.72 bits per heavy atom. The molecule has 1 saturated carbocycles. The number of hydrogen-bond donors (Lipinski definition) is 1. The van der Waals surface area contributed by atoms with E-state index in [9.17, 15) is 10.1 Å². The Bertz CT molecular complexity index is 430. The molecule has 0 radical (unpaired) electrons. The first-order chi connectivity index (χ1) is 8.58. The Balaban J connectivity index is 2.10. The van der Waals surface area contributed by atoms with Crippen molar-refractivity contribution in [2.45, 2.75) is 37.8 Å². The van der Waals surface area contributed by atoms with Crippen LogP contribution in [-0.2, 0) is 0 Å². The summed E-state index contributed by atoms with van der Waals surface area (Å²) in [5.41, 5.74) is 5.96. The molecule has 6 heteroatoms. The predicted octanol–water partition coefficient (Wildman–Crippen LogP) is 1.70. The minimum atomic E-state index is -0.393. The van der Waals surface area contributed by atoms with Gasteiger partial charge in [-0.2, -0.15) is 0 Å². The molecule has 18 heavy (non-hydrogen) atoms. The predicted molar refractivity (Wildman–Crippen MR) is 69.5 cm³/mol. The lowest BCUT2D eigenvalue weighted by atomic mass is 9.91. The molecule has 0 aromatic carbocycles. The lowest BCUT2D eigenvalue weighted by Crippen LogP contribution is -2.39. The molecule has 1 aromatic rings. The molecule has 98 valence electrons. The highest BCUT2D eigenvalue weighted by Gasteiger charge is 2.23. The molecule has 1 aliphatic carbocycles. The zero-order valence-electron chi connectivity index (χ0n) is 10.5. The molecule has 2 rings (SSSR count). The first-order valence-electron chi connectivity index (χ1n) is 6.17. The smallest absolute Gasteiger partial charge is 0.274 e. The average molecular weight is 250 g/mol. The number of nitro groups is 1. The van der Waals surface area contributed by atoms with Gasteiger partial charge in [-0.1, -0.05) is 0 Å². The molecular formula is C12H18N4O2. The van der Waals surface area contributed by atoms with E-state index in [1.54, 1.807) is 0 Å². The van der Waals surface area contributed by atoms with E-state index in [-0.39, 0.29) is 5.69 Å². The highest BCUT2D eigenvalue weighted by atomic mass is 16.6. The summed E-state index contributed by atoms with van der Waals surface area (Å²) in [7, 11) is 1.94. The number of pyridine rings is 1. The van der Waals surface area contributed by atoms with E-state index in [0.29, 0.717) is 17.9 Å². The number of rotatable bonds is 3. The summed E-state index contributed by atoms with van der Waals surface area (Å²) in [5.74, 6) is 0.657. The van der Waals surface area contributed by atoms with Crippen LogP contribution in [0.15, 0.2) is 18.3 Å². The van der Waals surface area contributed by atoms with E-state index >= 15 is 0 Å². The maximum Gasteiger partial charge on any atom is 0.274 e. The monoisotopic (exact) mass is 250 g/mol. The van der Waals surface area contributed by atoms with Gasteiger partial charge in [-0.25, -0.2) is 4.98 Å². The molecular weight excluding hydrogens is 232 g/mol. The molecule has 0 spiro atoms. The third-order valence-corrected chi connectivity index (χ3v) is 3.59. The molecule has 0 unspecified atom stereocenters. The molecule has 1 heterocycles. The lowest BCUT2D eigenvalue weighted by molar-refractivity contribution is -0.384. The van der Waals surface area contributed by atoms with Crippen LogP contribution < -0.4 is 10.6 Å². The van der Waals surface area contributed by atoms with Crippen molar-refractivity contribution in [1.82, 2.24) is 4.98 Å². The van der Waals surface area contributed by atoms with Crippen molar-refractivity contribution in [2.75, 3.05) is 11.9 Å². The van der Waals surface area contributed by atoms with Crippen LogP contribution in [0.25, 0.3) is 0 Å². The summed E-state index contributed by atoms with van der Waals surface area (Å²) in [6.07, 6.45) is 5.52. The highest BCUT2D eigenvalue weighted by molar-refractivity contribution is 5.46. The fourth-order valence-corrected chi connectivity index (χ4v) is 2.39. The van der Waals surface area contributed by atoms with E-state index in [1.807, 2.05) is 11.9 Å². The number of aromatic nitrogens is 1. The molecule has 0 amide bonds. The van der Waals surface area contributed by atoms with Crippen LogP contribution in [0.4, 0.5) is 11.5 Å². The third-order valence-electron chi connectivity index (χ3n) is 3.59. The Morgan fingerprint density at radius 2 is 2.11 bits per heavy atom. The van der Waals surface area contributed by atoms with Crippen LogP contribution >= 0.6 is 0 Å². The first kappa shape index (κ1) is 12.8. The minimum Gasteiger partial charge on any atom is -0.356 e. The van der Waals surface area contributed by atoms with Crippen LogP contribution in [0.1, 0.15) is 25.7 Å². The summed E-state index contributed by atoms with van der Waals surface area (Å²) in [4.78, 5) is 16.6. The standard InChI is InChI=1S/C12H18N4O2/c1-15(10-4-2-9(13)3-5-10)12-8-11(16(17)18)6-7-14-12/h6-10H,2-5,13H2,1H3. The van der Waals surface area contributed by atoms with Crippen LogP contribution in [0.2, 0.25) is 0 Å². The fourth-order valence-electron chi connectivity index (χ4n) is 2.39. The lowest BCUT2D eigenvalue weighted by Gasteiger charge is -2.34. The topological polar surface area (TPSA) is 85.3 Å². The van der Waals surface area contributed by atoms with Gasteiger partial charge >= 0.3 is 0 Å². The number of nitrogens with zero attached hydrogens (tertiary/aromatic N) is 3. The Morgan fingerprint density at radius 1 is 1.44 bits per heavy atom. The van der Waals surface area contributed by atoms with Gasteiger partial charge in [0.15, 0.2) is 0 Å². The zero-order valence-corrected chi connectivity index (χ0v) is 10.5. The van der Waals surface area contributed by atoms with Crippen LogP contribution in [0, 0.1) is 10.1 Å². The van der Waals surface area contributed by atoms with Crippen molar-refractivity contribution >= 4 is 11.5 Å². The SMILES string of the molecule is CN(c1cc([N+](=O)[O-])ccn1)C1CCC(N)CC1. The van der Waals surface area contributed by atoms with E-state index in [1.165, 1.54) is 18.3 Å². The molecule has 0 bridgehead atoms. The average Bonchev–Trinajstić information content (AvgIpc) is 2.39. The van der Waals surface area contributed by atoms with Crippen molar-refractivity contribution in [3.63, 3.8) is 0 Å². The van der Waals surface area contributed by atoms with Gasteiger partial charge in [0.05, 0.1) is 11.0 Å². The van der Waals surface area contributed by atoms with Gasteiger partial charge in [0.1, 0.15) is 5.82 Å². The number of hydrogen-bond acceptors (Lipinski definition) is 5. The molecule has 0 aliphatic heterocycles. The molecule has 0 atom stereocenters. The van der Waals surface area contributed by atoms with Crippen LogP contribution in [-0.4, -0.2) is 29.0 Å². The van der Waals surface area contributed by atoms with Gasteiger partial charge in [-0.3, -0.25) is 10.1 Å². The summed E-state index contributed by atoms with van der Waals surface area (Å²) < 4.78 is 0. The van der Waals surface area contributed by atoms with Crippen LogP contribution in [0.5, 0.6) is 0 Å². The van der Waals surface area contributed by atoms with Crippen molar-refractivity contribution in [3.8, 4) is 0 Å². The zero-order chi connectivity index (χ0) is 13.1. The molecule has 1 fully saturated rings. The maximum atomic E-state index is 10.7. The second-order valence-corrected chi connectivity index (χ2v) is 4.81. The maximum absolute atomic E-state index is 10.7. The van der Waals surface area contributed by atoms with Crippen molar-refractivity contribution in [3.05, 3.63) is 28.4 Å². The van der Waals surface area contributed by atoms with Crippen molar-refractivity contribution in [1.29, 1.82) is 0 Å². The third kappa shape index (κ3) is 2.76. The Kier molecular flexibility index (Phi) is 3.76. The normalized spacial score (nSPS) is 23.7. The van der Waals surface area contributed by atoms with Crippen LogP contribution in [0.3, 0.4) is 0 Å². The van der Waals surface area contributed by atoms with E-state index in [4.69, 9.17) is 5.73 Å². The highest BCUT2D eigenvalue weighted by Crippen LogP contribution is 2.26. The summed E-state index contributed by atoms with van der Waals surface area (Å²) in [6, 6.07) is 3.61. The molecule has 0 saturated heterocycles. The number of anilines is 1. The molecule has 1 aromatic heterocycles. The second-order valence-electron chi connectivity index (χ2n) is 4.81.